The highest BCUT2D eigenvalue weighted by atomic mass is 16.4. The molecule has 0 saturated heterocycles. The maximum absolute atomic E-state index is 12.5. The van der Waals surface area contributed by atoms with Crippen molar-refractivity contribution < 1.29 is 19.8 Å². The summed E-state index contributed by atoms with van der Waals surface area (Å²) in [6.45, 7) is 7.82. The molecule has 1 saturated carbocycles. The van der Waals surface area contributed by atoms with E-state index in [-0.39, 0.29) is 25.1 Å². The summed E-state index contributed by atoms with van der Waals surface area (Å²) in [4.78, 5) is 25.4. The first-order valence-corrected chi connectivity index (χ1v) is 6.96. The molecule has 19 heavy (non-hydrogen) atoms. The molecule has 0 aromatic carbocycles. The molecule has 0 spiro atoms. The summed E-state index contributed by atoms with van der Waals surface area (Å²) in [6, 6.07) is 0.0745. The number of rotatable bonds is 7. The van der Waals surface area contributed by atoms with E-state index in [1.807, 2.05) is 27.7 Å². The van der Waals surface area contributed by atoms with Crippen LogP contribution in [0.15, 0.2) is 0 Å². The number of carboxylic acid groups (broad SMARTS) is 1. The second kappa shape index (κ2) is 5.90. The maximum atomic E-state index is 12.5. The van der Waals surface area contributed by atoms with Gasteiger partial charge >= 0.3 is 5.97 Å². The van der Waals surface area contributed by atoms with Gasteiger partial charge in [-0.05, 0) is 18.3 Å². The fraction of sp³-hybridized carbons (Fsp3) is 0.857. The van der Waals surface area contributed by atoms with E-state index in [9.17, 15) is 9.59 Å². The van der Waals surface area contributed by atoms with Crippen LogP contribution in [0.2, 0.25) is 0 Å². The molecule has 0 aromatic rings. The summed E-state index contributed by atoms with van der Waals surface area (Å²) in [5, 5.41) is 18.3. The van der Waals surface area contributed by atoms with E-state index >= 15 is 0 Å². The third-order valence-electron chi connectivity index (χ3n) is 4.37. The molecule has 5 heteroatoms. The van der Waals surface area contributed by atoms with Crippen molar-refractivity contribution in [2.24, 2.45) is 17.3 Å². The van der Waals surface area contributed by atoms with Gasteiger partial charge in [0.05, 0.1) is 18.4 Å². The zero-order valence-corrected chi connectivity index (χ0v) is 12.2. The first-order valence-electron chi connectivity index (χ1n) is 6.96. The SMILES string of the molecule is CCC(CC)N(CCO)C(=O)C1C(C(=O)O)C1(C)C. The quantitative estimate of drug-likeness (QED) is 0.732. The number of amides is 1. The molecule has 0 aromatic heterocycles. The number of carboxylic acids is 1. The predicted octanol–water partition coefficient (Wildman–Crippen LogP) is 1.35. The Kier molecular flexibility index (Phi) is 4.96. The number of aliphatic carboxylic acids is 1. The summed E-state index contributed by atoms with van der Waals surface area (Å²) >= 11 is 0. The van der Waals surface area contributed by atoms with E-state index in [4.69, 9.17) is 10.2 Å². The Balaban J connectivity index is 2.87. The van der Waals surface area contributed by atoms with Crippen molar-refractivity contribution in [2.75, 3.05) is 13.2 Å². The molecule has 1 fully saturated rings. The Hall–Kier alpha value is -1.10. The van der Waals surface area contributed by atoms with Crippen LogP contribution in [-0.4, -0.2) is 46.2 Å². The largest absolute Gasteiger partial charge is 0.481 e. The molecule has 0 bridgehead atoms. The fourth-order valence-corrected chi connectivity index (χ4v) is 3.05. The summed E-state index contributed by atoms with van der Waals surface area (Å²) in [6.07, 6.45) is 1.63. The molecule has 2 unspecified atom stereocenters. The van der Waals surface area contributed by atoms with Gasteiger partial charge in [-0.2, -0.15) is 0 Å². The van der Waals surface area contributed by atoms with Gasteiger partial charge in [-0.1, -0.05) is 27.7 Å². The summed E-state index contributed by atoms with van der Waals surface area (Å²) in [5.74, 6) is -2.09. The zero-order chi connectivity index (χ0) is 14.8. The molecule has 0 heterocycles. The molecular formula is C14H25NO4. The van der Waals surface area contributed by atoms with Crippen LogP contribution < -0.4 is 0 Å². The minimum absolute atomic E-state index is 0.0745. The lowest BCUT2D eigenvalue weighted by atomic mass is 10.1. The van der Waals surface area contributed by atoms with Crippen LogP contribution in [-0.2, 0) is 9.59 Å². The molecular weight excluding hydrogens is 246 g/mol. The number of hydrogen-bond acceptors (Lipinski definition) is 3. The first-order chi connectivity index (χ1) is 8.82. The van der Waals surface area contributed by atoms with Crippen molar-refractivity contribution in [1.82, 2.24) is 4.90 Å². The van der Waals surface area contributed by atoms with Crippen LogP contribution in [0.4, 0.5) is 0 Å². The lowest BCUT2D eigenvalue weighted by Gasteiger charge is -2.30. The van der Waals surface area contributed by atoms with Gasteiger partial charge in [0.25, 0.3) is 0 Å². The molecule has 1 aliphatic carbocycles. The molecule has 1 amide bonds. The lowest BCUT2D eigenvalue weighted by molar-refractivity contribution is -0.143. The fourth-order valence-electron chi connectivity index (χ4n) is 3.05. The first kappa shape index (κ1) is 16.0. The van der Waals surface area contributed by atoms with Gasteiger partial charge in [0.1, 0.15) is 0 Å². The number of aliphatic hydroxyl groups excluding tert-OH is 1. The number of nitrogens with zero attached hydrogens (tertiary/aromatic N) is 1. The van der Waals surface area contributed by atoms with Crippen LogP contribution in [0.3, 0.4) is 0 Å². The van der Waals surface area contributed by atoms with Crippen molar-refractivity contribution >= 4 is 11.9 Å². The third-order valence-corrected chi connectivity index (χ3v) is 4.37. The zero-order valence-electron chi connectivity index (χ0n) is 12.2. The van der Waals surface area contributed by atoms with Gasteiger partial charge in [0.15, 0.2) is 0 Å². The highest BCUT2D eigenvalue weighted by molar-refractivity contribution is 5.91. The molecule has 5 nitrogen and oxygen atoms in total. The van der Waals surface area contributed by atoms with Crippen molar-refractivity contribution in [1.29, 1.82) is 0 Å². The van der Waals surface area contributed by atoms with E-state index in [1.54, 1.807) is 4.90 Å². The Bertz CT molecular complexity index is 349. The normalized spacial score (nSPS) is 24.3. The molecule has 2 atom stereocenters. The lowest BCUT2D eigenvalue weighted by Crippen LogP contribution is -2.43. The summed E-state index contributed by atoms with van der Waals surface area (Å²) in [7, 11) is 0. The van der Waals surface area contributed by atoms with Crippen molar-refractivity contribution in [3.8, 4) is 0 Å². The van der Waals surface area contributed by atoms with E-state index < -0.39 is 23.2 Å². The second-order valence-corrected chi connectivity index (χ2v) is 5.84. The van der Waals surface area contributed by atoms with Crippen molar-refractivity contribution in [2.45, 2.75) is 46.6 Å². The van der Waals surface area contributed by atoms with Gasteiger partial charge in [-0.3, -0.25) is 9.59 Å². The third kappa shape index (κ3) is 2.91. The van der Waals surface area contributed by atoms with Crippen molar-refractivity contribution in [3.05, 3.63) is 0 Å². The minimum atomic E-state index is -0.906. The van der Waals surface area contributed by atoms with Crippen LogP contribution >= 0.6 is 0 Å². The van der Waals surface area contributed by atoms with E-state index in [0.29, 0.717) is 0 Å². The molecule has 1 rings (SSSR count). The number of carbonyl (C=O) groups excluding carboxylic acids is 1. The smallest absolute Gasteiger partial charge is 0.307 e. The van der Waals surface area contributed by atoms with E-state index in [1.165, 1.54) is 0 Å². The molecule has 0 aliphatic heterocycles. The van der Waals surface area contributed by atoms with E-state index in [2.05, 4.69) is 0 Å². The Morgan fingerprint density at radius 2 is 1.74 bits per heavy atom. The Morgan fingerprint density at radius 3 is 2.05 bits per heavy atom. The Labute approximate surface area is 114 Å². The monoisotopic (exact) mass is 271 g/mol. The number of carbonyl (C=O) groups is 2. The number of hydrogen-bond donors (Lipinski definition) is 2. The molecule has 2 N–H and O–H groups in total. The van der Waals surface area contributed by atoms with Gasteiger partial charge < -0.3 is 15.1 Å². The van der Waals surface area contributed by atoms with Gasteiger partial charge in [-0.15, -0.1) is 0 Å². The van der Waals surface area contributed by atoms with Gasteiger partial charge in [0, 0.05) is 12.6 Å². The van der Waals surface area contributed by atoms with Crippen LogP contribution in [0.25, 0.3) is 0 Å². The molecule has 110 valence electrons. The predicted molar refractivity (Wildman–Crippen MR) is 71.6 cm³/mol. The van der Waals surface area contributed by atoms with E-state index in [0.717, 1.165) is 12.8 Å². The summed E-state index contributed by atoms with van der Waals surface area (Å²) < 4.78 is 0. The standard InChI is InChI=1S/C14H25NO4/c1-5-9(6-2)15(7-8-16)12(17)10-11(13(18)19)14(10,3)4/h9-11,16H,5-8H2,1-4H3,(H,18,19). The maximum Gasteiger partial charge on any atom is 0.307 e. The Morgan fingerprint density at radius 1 is 1.21 bits per heavy atom. The highest BCUT2D eigenvalue weighted by Gasteiger charge is 2.66. The van der Waals surface area contributed by atoms with Gasteiger partial charge in [-0.25, -0.2) is 0 Å². The highest BCUT2D eigenvalue weighted by Crippen LogP contribution is 2.59. The number of aliphatic hydroxyl groups is 1. The van der Waals surface area contributed by atoms with Crippen LogP contribution in [0, 0.1) is 17.3 Å². The van der Waals surface area contributed by atoms with Crippen molar-refractivity contribution in [3.63, 3.8) is 0 Å². The second-order valence-electron chi connectivity index (χ2n) is 5.84. The average Bonchev–Trinajstić information content (AvgIpc) is 2.92. The summed E-state index contributed by atoms with van der Waals surface area (Å²) in [5.41, 5.74) is -0.483. The van der Waals surface area contributed by atoms with Crippen LogP contribution in [0.5, 0.6) is 0 Å². The topological polar surface area (TPSA) is 77.8 Å². The average molecular weight is 271 g/mol. The molecule has 0 radical (unpaired) electrons. The van der Waals surface area contributed by atoms with Gasteiger partial charge in [0.2, 0.25) is 5.91 Å². The van der Waals surface area contributed by atoms with Crippen LogP contribution in [0.1, 0.15) is 40.5 Å². The molecule has 1 aliphatic rings. The minimum Gasteiger partial charge on any atom is -0.481 e.